The second-order valence-corrected chi connectivity index (χ2v) is 6.54. The van der Waals surface area contributed by atoms with E-state index in [1.54, 1.807) is 0 Å². The second kappa shape index (κ2) is 9.64. The van der Waals surface area contributed by atoms with Crippen molar-refractivity contribution in [2.45, 2.75) is 71.3 Å². The molecule has 0 saturated heterocycles. The van der Waals surface area contributed by atoms with Crippen molar-refractivity contribution in [3.63, 3.8) is 0 Å². The molecule has 2 unspecified atom stereocenters. The monoisotopic (exact) mass is 298 g/mol. The maximum atomic E-state index is 11.7. The molecule has 3 N–H and O–H groups in total. The lowest BCUT2D eigenvalue weighted by molar-refractivity contribution is -0.141. The molecule has 1 fully saturated rings. The number of urea groups is 1. The molecule has 21 heavy (non-hydrogen) atoms. The van der Waals surface area contributed by atoms with E-state index < -0.39 is 5.97 Å². The molecule has 0 aromatic carbocycles. The van der Waals surface area contributed by atoms with E-state index in [1.807, 2.05) is 0 Å². The van der Waals surface area contributed by atoms with Gasteiger partial charge in [0.2, 0.25) is 0 Å². The van der Waals surface area contributed by atoms with Crippen LogP contribution in [0.1, 0.15) is 65.2 Å². The highest BCUT2D eigenvalue weighted by Crippen LogP contribution is 2.25. The Morgan fingerprint density at radius 2 is 1.86 bits per heavy atom. The van der Waals surface area contributed by atoms with Gasteiger partial charge in [-0.1, -0.05) is 39.5 Å². The van der Waals surface area contributed by atoms with E-state index in [1.165, 1.54) is 19.3 Å². The summed E-state index contributed by atoms with van der Waals surface area (Å²) in [7, 11) is 0. The average Bonchev–Trinajstić information content (AvgIpc) is 2.86. The number of unbranched alkanes of at least 4 members (excludes halogenated alkanes) is 3. The normalized spacial score (nSPS) is 21.5. The fourth-order valence-electron chi connectivity index (χ4n) is 2.81. The zero-order valence-corrected chi connectivity index (χ0v) is 13.4. The molecule has 2 amide bonds. The zero-order chi connectivity index (χ0) is 15.7. The highest BCUT2D eigenvalue weighted by molar-refractivity contribution is 5.75. The first-order valence-electron chi connectivity index (χ1n) is 8.26. The number of amides is 2. The molecule has 1 saturated carbocycles. The predicted octanol–water partition coefficient (Wildman–Crippen LogP) is 3.15. The lowest BCUT2D eigenvalue weighted by Gasteiger charge is -2.13. The minimum atomic E-state index is -0.749. The van der Waals surface area contributed by atoms with Gasteiger partial charge in [0.1, 0.15) is 0 Å². The van der Waals surface area contributed by atoms with Gasteiger partial charge in [0.05, 0.1) is 5.92 Å². The Balaban J connectivity index is 1.98. The quantitative estimate of drug-likeness (QED) is 0.572. The highest BCUT2D eigenvalue weighted by Gasteiger charge is 2.30. The van der Waals surface area contributed by atoms with Crippen LogP contribution in [0.15, 0.2) is 0 Å². The molecule has 122 valence electrons. The first-order valence-corrected chi connectivity index (χ1v) is 8.26. The maximum Gasteiger partial charge on any atom is 0.315 e. The highest BCUT2D eigenvalue weighted by atomic mass is 16.4. The summed E-state index contributed by atoms with van der Waals surface area (Å²) >= 11 is 0. The number of carboxylic acid groups (broad SMARTS) is 1. The Hall–Kier alpha value is -1.26. The molecule has 5 heteroatoms. The Morgan fingerprint density at radius 3 is 2.48 bits per heavy atom. The molecule has 0 aromatic heterocycles. The lowest BCUT2D eigenvalue weighted by atomic mass is 10.0. The summed E-state index contributed by atoms with van der Waals surface area (Å²) in [6.07, 6.45) is 7.91. The van der Waals surface area contributed by atoms with Crippen LogP contribution in [-0.4, -0.2) is 29.7 Å². The minimum absolute atomic E-state index is 0.0112. The molecule has 0 bridgehead atoms. The number of hydrogen-bond donors (Lipinski definition) is 3. The summed E-state index contributed by atoms with van der Waals surface area (Å²) in [4.78, 5) is 22.5. The average molecular weight is 298 g/mol. The fourth-order valence-corrected chi connectivity index (χ4v) is 2.81. The molecule has 1 rings (SSSR count). The Kier molecular flexibility index (Phi) is 8.16. The van der Waals surface area contributed by atoms with Crippen molar-refractivity contribution in [2.24, 2.45) is 11.8 Å². The van der Waals surface area contributed by atoms with Crippen LogP contribution >= 0.6 is 0 Å². The number of carboxylic acids is 1. The number of aliphatic carboxylic acids is 1. The summed E-state index contributed by atoms with van der Waals surface area (Å²) in [6, 6.07) is -0.148. The smallest absolute Gasteiger partial charge is 0.315 e. The lowest BCUT2D eigenvalue weighted by Crippen LogP contribution is -2.41. The number of carbonyl (C=O) groups excluding carboxylic acids is 1. The van der Waals surface area contributed by atoms with Crippen molar-refractivity contribution in [3.05, 3.63) is 0 Å². The van der Waals surface area contributed by atoms with Crippen LogP contribution in [0.5, 0.6) is 0 Å². The van der Waals surface area contributed by atoms with Crippen molar-refractivity contribution in [1.29, 1.82) is 0 Å². The Morgan fingerprint density at radius 1 is 1.14 bits per heavy atom. The van der Waals surface area contributed by atoms with Crippen LogP contribution in [0.2, 0.25) is 0 Å². The standard InChI is InChI=1S/C16H30N2O3/c1-12(2)7-5-3-4-6-10-17-16(21)18-14-9-8-13(11-14)15(19)20/h12-14H,3-11H2,1-2H3,(H,19,20)(H2,17,18,21). The van der Waals surface area contributed by atoms with E-state index in [4.69, 9.17) is 5.11 Å². The first kappa shape index (κ1) is 17.8. The van der Waals surface area contributed by atoms with Gasteiger partial charge in [-0.15, -0.1) is 0 Å². The molecule has 0 radical (unpaired) electrons. The summed E-state index contributed by atoms with van der Waals surface area (Å²) in [5, 5.41) is 14.6. The van der Waals surface area contributed by atoms with Crippen molar-refractivity contribution in [1.82, 2.24) is 10.6 Å². The van der Waals surface area contributed by atoms with Crippen LogP contribution in [0.25, 0.3) is 0 Å². The van der Waals surface area contributed by atoms with E-state index in [2.05, 4.69) is 24.5 Å². The number of rotatable bonds is 9. The van der Waals surface area contributed by atoms with E-state index in [-0.39, 0.29) is 18.0 Å². The molecule has 1 aliphatic rings. The third kappa shape index (κ3) is 7.93. The summed E-state index contributed by atoms with van der Waals surface area (Å²) in [5.74, 6) is -0.271. The summed E-state index contributed by atoms with van der Waals surface area (Å²) in [5.41, 5.74) is 0. The van der Waals surface area contributed by atoms with Crippen molar-refractivity contribution >= 4 is 12.0 Å². The number of hydrogen-bond acceptors (Lipinski definition) is 2. The van der Waals surface area contributed by atoms with Crippen LogP contribution < -0.4 is 10.6 Å². The van der Waals surface area contributed by atoms with Crippen molar-refractivity contribution < 1.29 is 14.7 Å². The molecule has 1 aliphatic carbocycles. The topological polar surface area (TPSA) is 78.4 Å². The van der Waals surface area contributed by atoms with Gasteiger partial charge in [0.15, 0.2) is 0 Å². The molecular formula is C16H30N2O3. The van der Waals surface area contributed by atoms with Gasteiger partial charge in [-0.25, -0.2) is 4.79 Å². The summed E-state index contributed by atoms with van der Waals surface area (Å²) < 4.78 is 0. The van der Waals surface area contributed by atoms with Gasteiger partial charge < -0.3 is 15.7 Å². The van der Waals surface area contributed by atoms with Gasteiger partial charge in [-0.2, -0.15) is 0 Å². The van der Waals surface area contributed by atoms with Crippen LogP contribution in [0.4, 0.5) is 4.79 Å². The molecule has 0 heterocycles. The largest absolute Gasteiger partial charge is 0.481 e. The Bertz CT molecular complexity index is 331. The van der Waals surface area contributed by atoms with Gasteiger partial charge in [-0.05, 0) is 31.6 Å². The zero-order valence-electron chi connectivity index (χ0n) is 13.4. The predicted molar refractivity (Wildman–Crippen MR) is 83.2 cm³/mol. The van der Waals surface area contributed by atoms with E-state index >= 15 is 0 Å². The molecule has 0 aliphatic heterocycles. The SMILES string of the molecule is CC(C)CCCCCCNC(=O)NC1CCC(C(=O)O)C1. The Labute approximate surface area is 127 Å². The third-order valence-corrected chi connectivity index (χ3v) is 4.11. The van der Waals surface area contributed by atoms with Crippen molar-refractivity contribution in [2.75, 3.05) is 6.54 Å². The summed E-state index contributed by atoms with van der Waals surface area (Å²) in [6.45, 7) is 5.18. The molecule has 5 nitrogen and oxygen atoms in total. The molecule has 0 aromatic rings. The minimum Gasteiger partial charge on any atom is -0.481 e. The molecule has 2 atom stereocenters. The van der Waals surface area contributed by atoms with E-state index in [9.17, 15) is 9.59 Å². The van der Waals surface area contributed by atoms with Gasteiger partial charge in [0, 0.05) is 12.6 Å². The maximum absolute atomic E-state index is 11.7. The van der Waals surface area contributed by atoms with Crippen LogP contribution in [0, 0.1) is 11.8 Å². The molecule has 0 spiro atoms. The van der Waals surface area contributed by atoms with Crippen LogP contribution in [-0.2, 0) is 4.79 Å². The van der Waals surface area contributed by atoms with Gasteiger partial charge >= 0.3 is 12.0 Å². The first-order chi connectivity index (χ1) is 9.99. The van der Waals surface area contributed by atoms with Crippen molar-refractivity contribution in [3.8, 4) is 0 Å². The fraction of sp³-hybridized carbons (Fsp3) is 0.875. The number of carbonyl (C=O) groups is 2. The molecular weight excluding hydrogens is 268 g/mol. The van der Waals surface area contributed by atoms with E-state index in [0.717, 1.165) is 25.2 Å². The van der Waals surface area contributed by atoms with Crippen LogP contribution in [0.3, 0.4) is 0 Å². The van der Waals surface area contributed by atoms with Gasteiger partial charge in [0.25, 0.3) is 0 Å². The second-order valence-electron chi connectivity index (χ2n) is 6.54. The third-order valence-electron chi connectivity index (χ3n) is 4.11. The van der Waals surface area contributed by atoms with Gasteiger partial charge in [-0.3, -0.25) is 4.79 Å². The number of nitrogens with one attached hydrogen (secondary N) is 2. The van der Waals surface area contributed by atoms with E-state index in [0.29, 0.717) is 19.4 Å².